The summed E-state index contributed by atoms with van der Waals surface area (Å²) in [5.74, 6) is 1.27. The van der Waals surface area contributed by atoms with Crippen molar-refractivity contribution >= 4 is 5.91 Å². The smallest absolute Gasteiger partial charge is 0.268 e. The minimum absolute atomic E-state index is 0.124. The van der Waals surface area contributed by atoms with Crippen LogP contribution in [-0.4, -0.2) is 24.7 Å². The Labute approximate surface area is 159 Å². The second-order valence-corrected chi connectivity index (χ2v) is 6.31. The van der Waals surface area contributed by atoms with Gasteiger partial charge in [-0.05, 0) is 36.8 Å². The van der Waals surface area contributed by atoms with Crippen molar-refractivity contribution in [2.24, 2.45) is 0 Å². The molecule has 0 spiro atoms. The van der Waals surface area contributed by atoms with Crippen LogP contribution in [0.2, 0.25) is 0 Å². The van der Waals surface area contributed by atoms with E-state index in [2.05, 4.69) is 5.32 Å². The number of amides is 1. The first-order chi connectivity index (χ1) is 13.1. The van der Waals surface area contributed by atoms with Crippen molar-refractivity contribution in [3.63, 3.8) is 0 Å². The average Bonchev–Trinajstić information content (AvgIpc) is 3.16. The molecule has 0 saturated heterocycles. The van der Waals surface area contributed by atoms with Gasteiger partial charge >= 0.3 is 0 Å². The summed E-state index contributed by atoms with van der Waals surface area (Å²) in [5, 5.41) is 3.06. The van der Waals surface area contributed by atoms with E-state index in [1.165, 1.54) is 0 Å². The molecular weight excluding hydrogens is 340 g/mol. The Bertz CT molecular complexity index is 903. The standard InChI is InChI=1S/C22H24N2O3/c1-16(19-12-11-18(26-2)14-21(19)27-3)23-22(25)20-10-7-13-24(20)15-17-8-5-4-6-9-17/h4-14,16H,15H2,1-3H3,(H,23,25). The van der Waals surface area contributed by atoms with E-state index in [0.29, 0.717) is 23.7 Å². The Kier molecular flexibility index (Phi) is 5.81. The molecule has 5 heteroatoms. The summed E-state index contributed by atoms with van der Waals surface area (Å²) < 4.78 is 12.6. The van der Waals surface area contributed by atoms with Crippen LogP contribution < -0.4 is 14.8 Å². The highest BCUT2D eigenvalue weighted by atomic mass is 16.5. The summed E-state index contributed by atoms with van der Waals surface area (Å²) in [6.07, 6.45) is 1.92. The molecule has 0 radical (unpaired) electrons. The van der Waals surface area contributed by atoms with Gasteiger partial charge in [-0.25, -0.2) is 0 Å². The van der Waals surface area contributed by atoms with Gasteiger partial charge in [0.2, 0.25) is 0 Å². The summed E-state index contributed by atoms with van der Waals surface area (Å²) >= 11 is 0. The molecular formula is C22H24N2O3. The topological polar surface area (TPSA) is 52.5 Å². The van der Waals surface area contributed by atoms with Gasteiger partial charge in [-0.15, -0.1) is 0 Å². The van der Waals surface area contributed by atoms with Gasteiger partial charge in [-0.3, -0.25) is 4.79 Å². The van der Waals surface area contributed by atoms with Crippen LogP contribution in [-0.2, 0) is 6.54 Å². The number of nitrogens with zero attached hydrogens (tertiary/aromatic N) is 1. The monoisotopic (exact) mass is 364 g/mol. The fourth-order valence-electron chi connectivity index (χ4n) is 3.06. The number of rotatable bonds is 7. The van der Waals surface area contributed by atoms with Crippen LogP contribution in [0.3, 0.4) is 0 Å². The van der Waals surface area contributed by atoms with Gasteiger partial charge in [0.1, 0.15) is 17.2 Å². The lowest BCUT2D eigenvalue weighted by molar-refractivity contribution is 0.0930. The fourth-order valence-corrected chi connectivity index (χ4v) is 3.06. The van der Waals surface area contributed by atoms with Gasteiger partial charge in [0.15, 0.2) is 0 Å². The van der Waals surface area contributed by atoms with Crippen LogP contribution in [0.4, 0.5) is 0 Å². The van der Waals surface area contributed by atoms with Crippen LogP contribution >= 0.6 is 0 Å². The van der Waals surface area contributed by atoms with E-state index in [1.54, 1.807) is 14.2 Å². The van der Waals surface area contributed by atoms with E-state index in [9.17, 15) is 4.79 Å². The summed E-state index contributed by atoms with van der Waals surface area (Å²) in [7, 11) is 3.22. The molecule has 0 saturated carbocycles. The predicted molar refractivity (Wildman–Crippen MR) is 105 cm³/mol. The zero-order valence-electron chi connectivity index (χ0n) is 15.8. The highest BCUT2D eigenvalue weighted by Gasteiger charge is 2.18. The number of hydrogen-bond acceptors (Lipinski definition) is 3. The normalized spacial score (nSPS) is 11.7. The number of hydrogen-bond donors (Lipinski definition) is 1. The second kappa shape index (κ2) is 8.45. The molecule has 3 rings (SSSR count). The van der Waals surface area contributed by atoms with Crippen LogP contribution in [0.5, 0.6) is 11.5 Å². The molecule has 0 aliphatic heterocycles. The molecule has 3 aromatic rings. The molecule has 1 atom stereocenters. The zero-order valence-corrected chi connectivity index (χ0v) is 15.8. The molecule has 1 aromatic heterocycles. The molecule has 140 valence electrons. The Balaban J connectivity index is 1.75. The molecule has 1 unspecified atom stereocenters. The molecule has 1 N–H and O–H groups in total. The highest BCUT2D eigenvalue weighted by Crippen LogP contribution is 2.29. The molecule has 0 fully saturated rings. The van der Waals surface area contributed by atoms with Crippen molar-refractivity contribution in [3.05, 3.63) is 83.7 Å². The van der Waals surface area contributed by atoms with E-state index in [-0.39, 0.29) is 11.9 Å². The summed E-state index contributed by atoms with van der Waals surface area (Å²) in [4.78, 5) is 12.8. The Hall–Kier alpha value is -3.21. The molecule has 0 aliphatic carbocycles. The third-order valence-corrected chi connectivity index (χ3v) is 4.51. The van der Waals surface area contributed by atoms with Gasteiger partial charge in [-0.2, -0.15) is 0 Å². The number of methoxy groups -OCH3 is 2. The highest BCUT2D eigenvalue weighted by molar-refractivity contribution is 5.93. The minimum atomic E-state index is -0.210. The largest absolute Gasteiger partial charge is 0.497 e. The van der Waals surface area contributed by atoms with Crippen LogP contribution in [0.15, 0.2) is 66.9 Å². The van der Waals surface area contributed by atoms with E-state index < -0.39 is 0 Å². The van der Waals surface area contributed by atoms with Crippen molar-refractivity contribution in [1.82, 2.24) is 9.88 Å². The summed E-state index contributed by atoms with van der Waals surface area (Å²) in [6.45, 7) is 2.59. The van der Waals surface area contributed by atoms with Gasteiger partial charge in [0.25, 0.3) is 5.91 Å². The summed E-state index contributed by atoms with van der Waals surface area (Å²) in [6, 6.07) is 19.2. The molecule has 1 heterocycles. The van der Waals surface area contributed by atoms with E-state index >= 15 is 0 Å². The lowest BCUT2D eigenvalue weighted by atomic mass is 10.1. The maximum atomic E-state index is 12.8. The van der Waals surface area contributed by atoms with Crippen molar-refractivity contribution in [2.45, 2.75) is 19.5 Å². The minimum Gasteiger partial charge on any atom is -0.497 e. The number of carbonyl (C=O) groups excluding carboxylic acids is 1. The molecule has 0 bridgehead atoms. The van der Waals surface area contributed by atoms with E-state index in [4.69, 9.17) is 9.47 Å². The van der Waals surface area contributed by atoms with E-state index in [1.807, 2.05) is 78.4 Å². The SMILES string of the molecule is COc1ccc(C(C)NC(=O)c2cccn2Cc2ccccc2)c(OC)c1. The third kappa shape index (κ3) is 4.31. The van der Waals surface area contributed by atoms with Crippen LogP contribution in [0.1, 0.15) is 34.6 Å². The number of benzene rings is 2. The zero-order chi connectivity index (χ0) is 19.2. The quantitative estimate of drug-likeness (QED) is 0.688. The van der Waals surface area contributed by atoms with Crippen LogP contribution in [0, 0.1) is 0 Å². The Morgan fingerprint density at radius 3 is 2.52 bits per heavy atom. The molecule has 5 nitrogen and oxygen atoms in total. The molecule has 27 heavy (non-hydrogen) atoms. The van der Waals surface area contributed by atoms with Gasteiger partial charge in [-0.1, -0.05) is 30.3 Å². The number of carbonyl (C=O) groups is 1. The first-order valence-electron chi connectivity index (χ1n) is 8.84. The summed E-state index contributed by atoms with van der Waals surface area (Å²) in [5.41, 5.74) is 2.67. The lowest BCUT2D eigenvalue weighted by Gasteiger charge is -2.19. The van der Waals surface area contributed by atoms with Gasteiger partial charge in [0.05, 0.1) is 20.3 Å². The number of ether oxygens (including phenoxy) is 2. The van der Waals surface area contributed by atoms with Crippen molar-refractivity contribution < 1.29 is 14.3 Å². The van der Waals surface area contributed by atoms with Gasteiger partial charge < -0.3 is 19.4 Å². The third-order valence-electron chi connectivity index (χ3n) is 4.51. The maximum absolute atomic E-state index is 12.8. The van der Waals surface area contributed by atoms with Crippen molar-refractivity contribution in [2.75, 3.05) is 14.2 Å². The molecule has 2 aromatic carbocycles. The van der Waals surface area contributed by atoms with Crippen molar-refractivity contribution in [1.29, 1.82) is 0 Å². The average molecular weight is 364 g/mol. The number of nitrogens with one attached hydrogen (secondary N) is 1. The Morgan fingerprint density at radius 2 is 1.81 bits per heavy atom. The maximum Gasteiger partial charge on any atom is 0.268 e. The van der Waals surface area contributed by atoms with Gasteiger partial charge in [0, 0.05) is 24.4 Å². The Morgan fingerprint density at radius 1 is 1.04 bits per heavy atom. The van der Waals surface area contributed by atoms with E-state index in [0.717, 1.165) is 11.1 Å². The van der Waals surface area contributed by atoms with Crippen LogP contribution in [0.25, 0.3) is 0 Å². The first-order valence-corrected chi connectivity index (χ1v) is 8.84. The first kappa shape index (κ1) is 18.6. The second-order valence-electron chi connectivity index (χ2n) is 6.31. The lowest BCUT2D eigenvalue weighted by Crippen LogP contribution is -2.29. The predicted octanol–water partition coefficient (Wildman–Crippen LogP) is 4.04. The fraction of sp³-hybridized carbons (Fsp3) is 0.227. The molecule has 1 amide bonds. The number of aromatic nitrogens is 1. The van der Waals surface area contributed by atoms with Crippen molar-refractivity contribution in [3.8, 4) is 11.5 Å². The molecule has 0 aliphatic rings.